The van der Waals surface area contributed by atoms with Crippen LogP contribution in [0.4, 0.5) is 0 Å². The van der Waals surface area contributed by atoms with E-state index in [4.69, 9.17) is 9.72 Å². The highest BCUT2D eigenvalue weighted by atomic mass is 16.5. The van der Waals surface area contributed by atoms with Crippen LogP contribution in [0, 0.1) is 6.92 Å². The maximum atomic E-state index is 12.4. The van der Waals surface area contributed by atoms with Crippen molar-refractivity contribution in [3.05, 3.63) is 41.1 Å². The summed E-state index contributed by atoms with van der Waals surface area (Å²) in [5.41, 5.74) is 3.40. The highest BCUT2D eigenvalue weighted by molar-refractivity contribution is 5.98. The molecular weight excluding hydrogens is 300 g/mol. The van der Waals surface area contributed by atoms with Gasteiger partial charge in [-0.1, -0.05) is 37.5 Å². The van der Waals surface area contributed by atoms with Crippen LogP contribution in [-0.2, 0) is 11.3 Å². The molecule has 0 bridgehead atoms. The van der Waals surface area contributed by atoms with Crippen molar-refractivity contribution in [1.82, 2.24) is 9.88 Å². The quantitative estimate of drug-likeness (QED) is 0.797. The van der Waals surface area contributed by atoms with Crippen molar-refractivity contribution in [2.45, 2.75) is 45.6 Å². The minimum atomic E-state index is -0.284. The zero-order chi connectivity index (χ0) is 16.9. The summed E-state index contributed by atoms with van der Waals surface area (Å²) in [5, 5.41) is 1.02. The van der Waals surface area contributed by atoms with Gasteiger partial charge in [0.25, 0.3) is 0 Å². The number of pyridine rings is 1. The monoisotopic (exact) mass is 326 g/mol. The van der Waals surface area contributed by atoms with Gasteiger partial charge < -0.3 is 4.74 Å². The van der Waals surface area contributed by atoms with Gasteiger partial charge in [-0.2, -0.15) is 0 Å². The predicted octanol–water partition coefficient (Wildman–Crippen LogP) is 4.10. The topological polar surface area (TPSA) is 42.4 Å². The highest BCUT2D eigenvalue weighted by Gasteiger charge is 2.21. The van der Waals surface area contributed by atoms with E-state index >= 15 is 0 Å². The molecule has 0 atom stereocenters. The Kier molecular flexibility index (Phi) is 5.46. The first kappa shape index (κ1) is 16.9. The summed E-state index contributed by atoms with van der Waals surface area (Å²) in [7, 11) is 1.44. The van der Waals surface area contributed by atoms with E-state index in [-0.39, 0.29) is 5.97 Å². The summed E-state index contributed by atoms with van der Waals surface area (Å²) in [6.07, 6.45) is 6.38. The largest absolute Gasteiger partial charge is 0.465 e. The molecule has 0 N–H and O–H groups in total. The van der Waals surface area contributed by atoms with Crippen LogP contribution in [0.25, 0.3) is 10.9 Å². The number of methoxy groups -OCH3 is 1. The molecule has 1 aromatic carbocycles. The van der Waals surface area contributed by atoms with Crippen LogP contribution < -0.4 is 0 Å². The number of hydrogen-bond acceptors (Lipinski definition) is 4. The van der Waals surface area contributed by atoms with Gasteiger partial charge in [0, 0.05) is 11.9 Å². The number of aromatic nitrogens is 1. The Morgan fingerprint density at radius 2 is 1.79 bits per heavy atom. The fourth-order valence-electron chi connectivity index (χ4n) is 3.61. The molecule has 3 rings (SSSR count). The summed E-state index contributed by atoms with van der Waals surface area (Å²) >= 11 is 0. The average Bonchev–Trinajstić information content (AvgIpc) is 2.57. The van der Waals surface area contributed by atoms with E-state index in [1.165, 1.54) is 39.2 Å². The van der Waals surface area contributed by atoms with Crippen molar-refractivity contribution in [2.75, 3.05) is 20.2 Å². The number of fused-ring (bicyclic) bond motifs is 1. The molecule has 24 heavy (non-hydrogen) atoms. The third kappa shape index (κ3) is 3.59. The first-order valence-corrected chi connectivity index (χ1v) is 8.89. The van der Waals surface area contributed by atoms with Crippen molar-refractivity contribution in [1.29, 1.82) is 0 Å². The Labute approximate surface area is 143 Å². The summed E-state index contributed by atoms with van der Waals surface area (Å²) < 4.78 is 5.04. The first-order chi connectivity index (χ1) is 11.7. The number of benzene rings is 1. The molecule has 4 heteroatoms. The number of carbonyl (C=O) groups excluding carboxylic acids is 1. The molecule has 0 unspecified atom stereocenters. The number of nitrogens with zero attached hydrogens (tertiary/aromatic N) is 2. The van der Waals surface area contributed by atoms with E-state index in [1.54, 1.807) is 0 Å². The smallest absolute Gasteiger partial charge is 0.340 e. The molecule has 1 saturated heterocycles. The lowest BCUT2D eigenvalue weighted by molar-refractivity contribution is 0.0596. The van der Waals surface area contributed by atoms with Crippen molar-refractivity contribution in [2.24, 2.45) is 0 Å². The van der Waals surface area contributed by atoms with Crippen LogP contribution in [0.1, 0.15) is 53.7 Å². The van der Waals surface area contributed by atoms with E-state index in [1.807, 2.05) is 31.2 Å². The number of rotatable bonds is 3. The van der Waals surface area contributed by atoms with Gasteiger partial charge in [0.2, 0.25) is 0 Å². The lowest BCUT2D eigenvalue weighted by Crippen LogP contribution is -2.28. The maximum absolute atomic E-state index is 12.4. The van der Waals surface area contributed by atoms with Crippen LogP contribution in [0.2, 0.25) is 0 Å². The van der Waals surface area contributed by atoms with Crippen molar-refractivity contribution in [3.8, 4) is 0 Å². The fraction of sp³-hybridized carbons (Fsp3) is 0.500. The van der Waals surface area contributed by atoms with Gasteiger partial charge in [-0.15, -0.1) is 0 Å². The molecule has 0 radical (unpaired) electrons. The Balaban J connectivity index is 1.99. The Bertz CT molecular complexity index is 719. The maximum Gasteiger partial charge on any atom is 0.340 e. The predicted molar refractivity (Wildman–Crippen MR) is 96.2 cm³/mol. The second-order valence-electron chi connectivity index (χ2n) is 6.61. The highest BCUT2D eigenvalue weighted by Crippen LogP contribution is 2.25. The van der Waals surface area contributed by atoms with Crippen molar-refractivity contribution < 1.29 is 9.53 Å². The lowest BCUT2D eigenvalue weighted by atomic mass is 10.0. The van der Waals surface area contributed by atoms with Crippen LogP contribution in [-0.4, -0.2) is 36.1 Å². The Morgan fingerprint density at radius 1 is 1.12 bits per heavy atom. The molecule has 2 aromatic rings. The van der Waals surface area contributed by atoms with Crippen LogP contribution in [0.5, 0.6) is 0 Å². The number of carbonyl (C=O) groups is 1. The number of ether oxygens (including phenoxy) is 1. The second-order valence-corrected chi connectivity index (χ2v) is 6.61. The number of para-hydroxylation sites is 1. The molecule has 1 aliphatic rings. The molecule has 2 heterocycles. The lowest BCUT2D eigenvalue weighted by Gasteiger charge is -2.25. The van der Waals surface area contributed by atoms with Gasteiger partial charge >= 0.3 is 5.97 Å². The normalized spacial score (nSPS) is 16.6. The standard InChI is InChI=1S/C20H26N2O2/c1-15-16-10-6-7-11-17(16)21-18(19(15)20(23)24-2)14-22-12-8-4-3-5-9-13-22/h6-7,10-11H,3-5,8-9,12-14H2,1-2H3. The van der Waals surface area contributed by atoms with E-state index in [0.717, 1.165) is 41.8 Å². The van der Waals surface area contributed by atoms with Gasteiger partial charge in [0.1, 0.15) is 0 Å². The van der Waals surface area contributed by atoms with E-state index in [0.29, 0.717) is 5.56 Å². The average molecular weight is 326 g/mol. The van der Waals surface area contributed by atoms with E-state index in [9.17, 15) is 4.79 Å². The Morgan fingerprint density at radius 3 is 2.50 bits per heavy atom. The van der Waals surface area contributed by atoms with Crippen molar-refractivity contribution >= 4 is 16.9 Å². The molecule has 4 nitrogen and oxygen atoms in total. The zero-order valence-electron chi connectivity index (χ0n) is 14.7. The number of esters is 1. The molecule has 0 spiro atoms. The molecule has 0 aliphatic carbocycles. The third-order valence-corrected chi connectivity index (χ3v) is 4.94. The van der Waals surface area contributed by atoms with E-state index in [2.05, 4.69) is 4.90 Å². The second kappa shape index (κ2) is 7.75. The van der Waals surface area contributed by atoms with Gasteiger partial charge in [-0.25, -0.2) is 4.79 Å². The van der Waals surface area contributed by atoms with Gasteiger partial charge in [-0.3, -0.25) is 9.88 Å². The zero-order valence-corrected chi connectivity index (χ0v) is 14.7. The molecule has 1 aliphatic heterocycles. The van der Waals surface area contributed by atoms with Crippen LogP contribution in [0.3, 0.4) is 0 Å². The molecule has 128 valence electrons. The van der Waals surface area contributed by atoms with E-state index < -0.39 is 0 Å². The Hall–Kier alpha value is -1.94. The number of hydrogen-bond donors (Lipinski definition) is 0. The first-order valence-electron chi connectivity index (χ1n) is 8.89. The summed E-state index contributed by atoms with van der Waals surface area (Å²) in [4.78, 5) is 19.6. The van der Waals surface area contributed by atoms with Gasteiger partial charge in [-0.05, 0) is 44.5 Å². The molecule has 0 saturated carbocycles. The number of likely N-dealkylation sites (tertiary alicyclic amines) is 1. The summed E-state index contributed by atoms with van der Waals surface area (Å²) in [6.45, 7) is 4.87. The molecular formula is C20H26N2O2. The minimum absolute atomic E-state index is 0.284. The molecule has 0 amide bonds. The van der Waals surface area contributed by atoms with Crippen molar-refractivity contribution in [3.63, 3.8) is 0 Å². The summed E-state index contributed by atoms with van der Waals surface area (Å²) in [6, 6.07) is 8.01. The van der Waals surface area contributed by atoms with Crippen LogP contribution in [0.15, 0.2) is 24.3 Å². The fourth-order valence-corrected chi connectivity index (χ4v) is 3.61. The van der Waals surface area contributed by atoms with Gasteiger partial charge in [0.15, 0.2) is 0 Å². The molecule has 1 fully saturated rings. The minimum Gasteiger partial charge on any atom is -0.465 e. The molecule has 1 aromatic heterocycles. The van der Waals surface area contributed by atoms with Gasteiger partial charge in [0.05, 0.1) is 23.9 Å². The SMILES string of the molecule is COC(=O)c1c(CN2CCCCCCC2)nc2ccccc2c1C. The third-order valence-electron chi connectivity index (χ3n) is 4.94. The number of aryl methyl sites for hydroxylation is 1. The van der Waals surface area contributed by atoms with Crippen LogP contribution >= 0.6 is 0 Å². The summed E-state index contributed by atoms with van der Waals surface area (Å²) in [5.74, 6) is -0.284.